The molecule has 7 heteroatoms. The second-order valence-corrected chi connectivity index (χ2v) is 3.93. The molecule has 0 saturated heterocycles. The largest absolute Gasteiger partial charge is 0.490 e. The molecular weight excluding hydrogens is 232 g/mol. The number of aryl methyl sites for hydroxylation is 1. The summed E-state index contributed by atoms with van der Waals surface area (Å²) in [5, 5.41) is 0. The molecule has 0 aliphatic rings. The zero-order chi connectivity index (χ0) is 13.1. The van der Waals surface area contributed by atoms with Gasteiger partial charge in [-0.25, -0.2) is 15.0 Å². The van der Waals surface area contributed by atoms with Gasteiger partial charge in [0.2, 0.25) is 5.75 Å². The third-order valence-electron chi connectivity index (χ3n) is 2.68. The first-order chi connectivity index (χ1) is 8.63. The van der Waals surface area contributed by atoms with Crippen LogP contribution in [0.25, 0.3) is 0 Å². The average Bonchev–Trinajstić information content (AvgIpc) is 2.74. The smallest absolute Gasteiger partial charge is 0.204 e. The number of aromatic nitrogens is 4. The van der Waals surface area contributed by atoms with Crippen LogP contribution in [0, 0.1) is 0 Å². The molecule has 0 radical (unpaired) electrons. The Morgan fingerprint density at radius 2 is 2.17 bits per heavy atom. The van der Waals surface area contributed by atoms with E-state index < -0.39 is 0 Å². The monoisotopic (exact) mass is 248 g/mol. The van der Waals surface area contributed by atoms with Crippen molar-refractivity contribution in [2.24, 2.45) is 7.05 Å². The molecule has 0 saturated carbocycles. The van der Waals surface area contributed by atoms with Crippen molar-refractivity contribution in [2.45, 2.75) is 6.54 Å². The van der Waals surface area contributed by atoms with E-state index in [1.54, 1.807) is 13.3 Å². The normalized spacial score (nSPS) is 10.4. The molecule has 18 heavy (non-hydrogen) atoms. The molecule has 7 nitrogen and oxygen atoms in total. The van der Waals surface area contributed by atoms with Crippen LogP contribution in [-0.2, 0) is 13.6 Å². The molecule has 0 aliphatic carbocycles. The van der Waals surface area contributed by atoms with Crippen LogP contribution in [0.2, 0.25) is 0 Å². The summed E-state index contributed by atoms with van der Waals surface area (Å²) in [5.41, 5.74) is 5.75. The number of methoxy groups -OCH3 is 1. The first-order valence-electron chi connectivity index (χ1n) is 5.45. The van der Waals surface area contributed by atoms with Crippen LogP contribution in [0.5, 0.6) is 5.75 Å². The molecule has 0 amide bonds. The third kappa shape index (κ3) is 2.20. The zero-order valence-corrected chi connectivity index (χ0v) is 10.7. The van der Waals surface area contributed by atoms with Crippen molar-refractivity contribution in [3.63, 3.8) is 0 Å². The van der Waals surface area contributed by atoms with Crippen molar-refractivity contribution < 1.29 is 4.74 Å². The number of nitrogens with two attached hydrogens (primary N) is 1. The van der Waals surface area contributed by atoms with Crippen molar-refractivity contribution in [2.75, 3.05) is 24.8 Å². The first-order valence-corrected chi connectivity index (χ1v) is 5.45. The number of rotatable bonds is 4. The minimum atomic E-state index is 0.328. The Hall–Kier alpha value is -2.31. The molecule has 0 spiro atoms. The Bertz CT molecular complexity index is 538. The summed E-state index contributed by atoms with van der Waals surface area (Å²) in [7, 11) is 5.40. The van der Waals surface area contributed by atoms with Gasteiger partial charge in [-0.3, -0.25) is 0 Å². The number of hydrogen-bond acceptors (Lipinski definition) is 6. The van der Waals surface area contributed by atoms with E-state index in [1.807, 2.05) is 29.8 Å². The Labute approximate surface area is 105 Å². The molecule has 96 valence electrons. The number of ether oxygens (including phenoxy) is 1. The molecule has 2 N–H and O–H groups in total. The van der Waals surface area contributed by atoms with Crippen molar-refractivity contribution in [1.29, 1.82) is 0 Å². The molecule has 0 fully saturated rings. The molecule has 0 aliphatic heterocycles. The Morgan fingerprint density at radius 3 is 2.78 bits per heavy atom. The maximum absolute atomic E-state index is 5.75. The van der Waals surface area contributed by atoms with E-state index in [-0.39, 0.29) is 0 Å². The fourth-order valence-corrected chi connectivity index (χ4v) is 1.68. The van der Waals surface area contributed by atoms with Gasteiger partial charge in [-0.1, -0.05) is 0 Å². The van der Waals surface area contributed by atoms with Gasteiger partial charge in [-0.2, -0.15) is 0 Å². The standard InChI is InChI=1S/C11H16N6O/c1-16-5-4-13-8(16)6-17(2)11-9(18-3)10(12)14-7-15-11/h4-5,7H,6H2,1-3H3,(H2,12,14,15). The summed E-state index contributed by atoms with van der Waals surface area (Å²) in [4.78, 5) is 14.3. The molecule has 2 rings (SSSR count). The Balaban J connectivity index is 2.26. The predicted molar refractivity (Wildman–Crippen MR) is 68.3 cm³/mol. The minimum Gasteiger partial charge on any atom is -0.490 e. The lowest BCUT2D eigenvalue weighted by Gasteiger charge is -2.20. The van der Waals surface area contributed by atoms with Crippen LogP contribution in [0.3, 0.4) is 0 Å². The molecular formula is C11H16N6O. The van der Waals surface area contributed by atoms with Crippen molar-refractivity contribution >= 4 is 11.6 Å². The van der Waals surface area contributed by atoms with E-state index in [0.29, 0.717) is 23.9 Å². The topological polar surface area (TPSA) is 82.1 Å². The molecule has 0 unspecified atom stereocenters. The van der Waals surface area contributed by atoms with Crippen LogP contribution in [0.1, 0.15) is 5.82 Å². The van der Waals surface area contributed by atoms with Gasteiger partial charge in [0, 0.05) is 26.5 Å². The van der Waals surface area contributed by atoms with Gasteiger partial charge in [0.1, 0.15) is 12.2 Å². The van der Waals surface area contributed by atoms with Crippen LogP contribution < -0.4 is 15.4 Å². The van der Waals surface area contributed by atoms with E-state index in [1.165, 1.54) is 6.33 Å². The van der Waals surface area contributed by atoms with Gasteiger partial charge in [0.15, 0.2) is 11.6 Å². The average molecular weight is 248 g/mol. The van der Waals surface area contributed by atoms with E-state index >= 15 is 0 Å². The number of nitrogens with zero attached hydrogens (tertiary/aromatic N) is 5. The summed E-state index contributed by atoms with van der Waals surface area (Å²) < 4.78 is 7.18. The molecule has 0 bridgehead atoms. The van der Waals surface area contributed by atoms with Crippen LogP contribution in [-0.4, -0.2) is 33.7 Å². The van der Waals surface area contributed by atoms with E-state index in [0.717, 1.165) is 5.82 Å². The highest BCUT2D eigenvalue weighted by molar-refractivity contribution is 5.62. The second kappa shape index (κ2) is 4.91. The first kappa shape index (κ1) is 12.2. The lowest BCUT2D eigenvalue weighted by molar-refractivity contribution is 0.413. The van der Waals surface area contributed by atoms with Crippen molar-refractivity contribution in [1.82, 2.24) is 19.5 Å². The highest BCUT2D eigenvalue weighted by atomic mass is 16.5. The SMILES string of the molecule is COc1c(N)ncnc1N(C)Cc1nccn1C. The van der Waals surface area contributed by atoms with E-state index in [4.69, 9.17) is 10.5 Å². The highest BCUT2D eigenvalue weighted by Gasteiger charge is 2.15. The maximum atomic E-state index is 5.75. The fraction of sp³-hybridized carbons (Fsp3) is 0.364. The second-order valence-electron chi connectivity index (χ2n) is 3.93. The quantitative estimate of drug-likeness (QED) is 0.845. The molecule has 0 aromatic carbocycles. The molecule has 2 aromatic rings. The molecule has 2 heterocycles. The number of hydrogen-bond donors (Lipinski definition) is 1. The predicted octanol–water partition coefficient (Wildman–Crippen LogP) is 0.437. The minimum absolute atomic E-state index is 0.328. The lowest BCUT2D eigenvalue weighted by atomic mass is 10.4. The van der Waals surface area contributed by atoms with Crippen LogP contribution >= 0.6 is 0 Å². The number of nitrogen functional groups attached to an aromatic ring is 1. The summed E-state index contributed by atoms with van der Waals surface area (Å²) >= 11 is 0. The van der Waals surface area contributed by atoms with Gasteiger partial charge in [0.25, 0.3) is 0 Å². The zero-order valence-electron chi connectivity index (χ0n) is 10.7. The Kier molecular flexibility index (Phi) is 3.31. The third-order valence-corrected chi connectivity index (χ3v) is 2.68. The summed E-state index contributed by atoms with van der Waals surface area (Å²) in [5.74, 6) is 2.38. The molecule has 2 aromatic heterocycles. The Morgan fingerprint density at radius 1 is 1.39 bits per heavy atom. The highest BCUT2D eigenvalue weighted by Crippen LogP contribution is 2.29. The fourth-order valence-electron chi connectivity index (χ4n) is 1.68. The summed E-state index contributed by atoms with van der Waals surface area (Å²) in [6, 6.07) is 0. The van der Waals surface area contributed by atoms with Gasteiger partial charge in [0.05, 0.1) is 13.7 Å². The van der Waals surface area contributed by atoms with E-state index in [2.05, 4.69) is 15.0 Å². The van der Waals surface area contributed by atoms with Crippen molar-refractivity contribution in [3.8, 4) is 5.75 Å². The number of imidazole rings is 1. The summed E-state index contributed by atoms with van der Waals surface area (Å²) in [6.45, 7) is 0.607. The van der Waals surface area contributed by atoms with E-state index in [9.17, 15) is 0 Å². The van der Waals surface area contributed by atoms with Gasteiger partial charge in [-0.05, 0) is 0 Å². The number of anilines is 2. The summed E-state index contributed by atoms with van der Waals surface area (Å²) in [6.07, 6.45) is 5.07. The van der Waals surface area contributed by atoms with Crippen LogP contribution in [0.15, 0.2) is 18.7 Å². The van der Waals surface area contributed by atoms with Crippen molar-refractivity contribution in [3.05, 3.63) is 24.5 Å². The van der Waals surface area contributed by atoms with Gasteiger partial charge < -0.3 is 19.9 Å². The molecule has 0 atom stereocenters. The maximum Gasteiger partial charge on any atom is 0.204 e. The van der Waals surface area contributed by atoms with Gasteiger partial charge >= 0.3 is 0 Å². The lowest BCUT2D eigenvalue weighted by Crippen LogP contribution is -2.21. The van der Waals surface area contributed by atoms with Crippen LogP contribution in [0.4, 0.5) is 11.6 Å². The van der Waals surface area contributed by atoms with Gasteiger partial charge in [-0.15, -0.1) is 0 Å².